The van der Waals surface area contributed by atoms with Gasteiger partial charge in [-0.2, -0.15) is 0 Å². The first-order valence-corrected chi connectivity index (χ1v) is 8.27. The Morgan fingerprint density at radius 1 is 0.852 bits per heavy atom. The Hall–Kier alpha value is -3.54. The van der Waals surface area contributed by atoms with E-state index in [-0.39, 0.29) is 0 Å². The third kappa shape index (κ3) is 4.00. The number of aldehydes is 1. The van der Waals surface area contributed by atoms with Gasteiger partial charge >= 0.3 is 0 Å². The third-order valence-corrected chi connectivity index (χ3v) is 4.08. The van der Waals surface area contributed by atoms with E-state index in [0.29, 0.717) is 28.6 Å². The van der Waals surface area contributed by atoms with Gasteiger partial charge in [-0.25, -0.2) is 4.98 Å². The fourth-order valence-corrected chi connectivity index (χ4v) is 2.69. The number of hydrogen-bond donors (Lipinski definition) is 1. The maximum absolute atomic E-state index is 10.8. The van der Waals surface area contributed by atoms with Gasteiger partial charge in [0.15, 0.2) is 11.5 Å². The molecule has 1 N–H and O–H groups in total. The van der Waals surface area contributed by atoms with E-state index < -0.39 is 0 Å². The first-order valence-electron chi connectivity index (χ1n) is 8.27. The number of ether oxygens (including phenoxy) is 3. The number of nitrogens with zero attached hydrogens (tertiary/aromatic N) is 1. The van der Waals surface area contributed by atoms with Crippen LogP contribution >= 0.6 is 0 Å². The maximum atomic E-state index is 10.8. The Balaban J connectivity index is 1.82. The summed E-state index contributed by atoms with van der Waals surface area (Å²) in [4.78, 5) is 15.2. The summed E-state index contributed by atoms with van der Waals surface area (Å²) in [5.74, 6) is 2.34. The summed E-state index contributed by atoms with van der Waals surface area (Å²) in [5, 5.41) is 3.23. The van der Waals surface area contributed by atoms with Gasteiger partial charge in [0, 0.05) is 35.1 Å². The van der Waals surface area contributed by atoms with Crippen molar-refractivity contribution in [3.63, 3.8) is 0 Å². The standard InChI is InChI=1S/C21H20N2O4/c1-25-18-10-17(11-19(26-2)21(18)27-3)23-20-9-8-16(12-22-20)15-6-4-14(13-24)5-7-15/h4-13H,1-3H3,(H,22,23). The molecule has 3 aromatic rings. The molecule has 2 aromatic carbocycles. The van der Waals surface area contributed by atoms with Crippen molar-refractivity contribution >= 4 is 17.8 Å². The fourth-order valence-electron chi connectivity index (χ4n) is 2.69. The number of hydrogen-bond acceptors (Lipinski definition) is 6. The smallest absolute Gasteiger partial charge is 0.203 e. The second kappa shape index (κ2) is 8.23. The summed E-state index contributed by atoms with van der Waals surface area (Å²) in [7, 11) is 4.71. The Labute approximate surface area is 157 Å². The molecule has 0 fully saturated rings. The van der Waals surface area contributed by atoms with E-state index in [1.54, 1.807) is 39.7 Å². The van der Waals surface area contributed by atoms with Crippen LogP contribution in [0.25, 0.3) is 11.1 Å². The lowest BCUT2D eigenvalue weighted by atomic mass is 10.1. The highest BCUT2D eigenvalue weighted by molar-refractivity contribution is 5.77. The predicted molar refractivity (Wildman–Crippen MR) is 104 cm³/mol. The number of methoxy groups -OCH3 is 3. The molecular formula is C21H20N2O4. The van der Waals surface area contributed by atoms with Crippen LogP contribution in [-0.2, 0) is 0 Å². The van der Waals surface area contributed by atoms with Crippen molar-refractivity contribution in [3.8, 4) is 28.4 Å². The van der Waals surface area contributed by atoms with Crippen molar-refractivity contribution in [2.24, 2.45) is 0 Å². The zero-order valence-corrected chi connectivity index (χ0v) is 15.4. The van der Waals surface area contributed by atoms with Gasteiger partial charge in [-0.1, -0.05) is 24.3 Å². The van der Waals surface area contributed by atoms with Crippen LogP contribution in [0.15, 0.2) is 54.7 Å². The highest BCUT2D eigenvalue weighted by atomic mass is 16.5. The summed E-state index contributed by atoms with van der Waals surface area (Å²) >= 11 is 0. The second-order valence-corrected chi connectivity index (χ2v) is 5.71. The minimum atomic E-state index is 0.535. The monoisotopic (exact) mass is 364 g/mol. The molecule has 3 rings (SSSR count). The van der Waals surface area contributed by atoms with Crippen molar-refractivity contribution in [2.75, 3.05) is 26.6 Å². The van der Waals surface area contributed by atoms with Crippen molar-refractivity contribution in [1.82, 2.24) is 4.98 Å². The molecule has 0 spiro atoms. The van der Waals surface area contributed by atoms with Crippen molar-refractivity contribution < 1.29 is 19.0 Å². The van der Waals surface area contributed by atoms with Gasteiger partial charge < -0.3 is 19.5 Å². The lowest BCUT2D eigenvalue weighted by molar-refractivity contribution is 0.112. The Bertz CT molecular complexity index is 897. The molecule has 0 saturated carbocycles. The summed E-state index contributed by atoms with van der Waals surface area (Å²) in [6.45, 7) is 0. The van der Waals surface area contributed by atoms with Gasteiger partial charge in [0.25, 0.3) is 0 Å². The molecule has 0 radical (unpaired) electrons. The van der Waals surface area contributed by atoms with E-state index in [4.69, 9.17) is 14.2 Å². The van der Waals surface area contributed by atoms with Crippen LogP contribution in [0.4, 0.5) is 11.5 Å². The quantitative estimate of drug-likeness (QED) is 0.629. The van der Waals surface area contributed by atoms with Crippen LogP contribution in [0.5, 0.6) is 17.2 Å². The number of rotatable bonds is 7. The summed E-state index contributed by atoms with van der Waals surface area (Å²) in [5.41, 5.74) is 3.36. The molecule has 6 nitrogen and oxygen atoms in total. The number of aromatic nitrogens is 1. The van der Waals surface area contributed by atoms with Crippen LogP contribution in [-0.4, -0.2) is 32.6 Å². The number of nitrogens with one attached hydrogen (secondary N) is 1. The van der Waals surface area contributed by atoms with Gasteiger partial charge in [0.2, 0.25) is 5.75 Å². The van der Waals surface area contributed by atoms with Gasteiger partial charge in [-0.05, 0) is 17.7 Å². The largest absolute Gasteiger partial charge is 0.493 e. The molecule has 0 atom stereocenters. The van der Waals surface area contributed by atoms with Crippen LogP contribution < -0.4 is 19.5 Å². The Morgan fingerprint density at radius 3 is 1.96 bits per heavy atom. The van der Waals surface area contributed by atoms with E-state index in [1.807, 2.05) is 36.4 Å². The molecule has 1 aromatic heterocycles. The first-order chi connectivity index (χ1) is 13.2. The summed E-state index contributed by atoms with van der Waals surface area (Å²) in [6.07, 6.45) is 2.60. The molecule has 0 aliphatic heterocycles. The number of anilines is 2. The SMILES string of the molecule is COc1cc(Nc2ccc(-c3ccc(C=O)cc3)cn2)cc(OC)c1OC. The summed E-state index contributed by atoms with van der Waals surface area (Å²) < 4.78 is 16.1. The van der Waals surface area contributed by atoms with Crippen molar-refractivity contribution in [2.45, 2.75) is 0 Å². The number of carbonyl (C=O) groups excluding carboxylic acids is 1. The van der Waals surface area contributed by atoms with Gasteiger partial charge in [-0.3, -0.25) is 4.79 Å². The molecule has 0 amide bonds. The number of pyridine rings is 1. The lowest BCUT2D eigenvalue weighted by Crippen LogP contribution is -1.98. The minimum Gasteiger partial charge on any atom is -0.493 e. The second-order valence-electron chi connectivity index (χ2n) is 5.71. The molecule has 27 heavy (non-hydrogen) atoms. The van der Waals surface area contributed by atoms with E-state index >= 15 is 0 Å². The van der Waals surface area contributed by atoms with Crippen LogP contribution in [0, 0.1) is 0 Å². The molecule has 0 bridgehead atoms. The molecule has 0 aliphatic carbocycles. The van der Waals surface area contributed by atoms with Crippen LogP contribution in [0.2, 0.25) is 0 Å². The normalized spacial score (nSPS) is 10.2. The highest BCUT2D eigenvalue weighted by Gasteiger charge is 2.13. The minimum absolute atomic E-state index is 0.535. The number of carbonyl (C=O) groups is 1. The van der Waals surface area contributed by atoms with Crippen LogP contribution in [0.1, 0.15) is 10.4 Å². The highest BCUT2D eigenvalue weighted by Crippen LogP contribution is 2.40. The molecule has 0 saturated heterocycles. The molecule has 1 heterocycles. The molecule has 0 aliphatic rings. The predicted octanol–water partition coefficient (Wildman–Crippen LogP) is 4.33. The topological polar surface area (TPSA) is 69.7 Å². The van der Waals surface area contributed by atoms with Crippen molar-refractivity contribution in [1.29, 1.82) is 0 Å². The lowest BCUT2D eigenvalue weighted by Gasteiger charge is -2.15. The average Bonchev–Trinajstić information content (AvgIpc) is 2.73. The Morgan fingerprint density at radius 2 is 1.48 bits per heavy atom. The van der Waals surface area contributed by atoms with Crippen molar-refractivity contribution in [3.05, 3.63) is 60.3 Å². The van der Waals surface area contributed by atoms with Gasteiger partial charge in [0.05, 0.1) is 21.3 Å². The zero-order valence-electron chi connectivity index (χ0n) is 15.4. The average molecular weight is 364 g/mol. The van der Waals surface area contributed by atoms with Crippen LogP contribution in [0.3, 0.4) is 0 Å². The maximum Gasteiger partial charge on any atom is 0.203 e. The molecule has 6 heteroatoms. The van der Waals surface area contributed by atoms with Gasteiger partial charge in [-0.15, -0.1) is 0 Å². The molecule has 138 valence electrons. The summed E-state index contributed by atoms with van der Waals surface area (Å²) in [6, 6.07) is 14.8. The van der Waals surface area contributed by atoms with E-state index in [0.717, 1.165) is 23.1 Å². The van der Waals surface area contributed by atoms with E-state index in [9.17, 15) is 4.79 Å². The third-order valence-electron chi connectivity index (χ3n) is 4.08. The fraction of sp³-hybridized carbons (Fsp3) is 0.143. The zero-order chi connectivity index (χ0) is 19.2. The molecule has 0 unspecified atom stereocenters. The van der Waals surface area contributed by atoms with E-state index in [1.165, 1.54) is 0 Å². The van der Waals surface area contributed by atoms with E-state index in [2.05, 4.69) is 10.3 Å². The Kier molecular flexibility index (Phi) is 5.56. The molecular weight excluding hydrogens is 344 g/mol. The number of benzene rings is 2. The first kappa shape index (κ1) is 18.3. The van der Waals surface area contributed by atoms with Gasteiger partial charge in [0.1, 0.15) is 12.1 Å².